The molecule has 150 valence electrons. The minimum absolute atomic E-state index is 0. The molecule has 7 heteroatoms. The quantitative estimate of drug-likeness (QED) is 0.606. The van der Waals surface area contributed by atoms with Gasteiger partial charge in [0.15, 0.2) is 23.7 Å². The van der Waals surface area contributed by atoms with Crippen LogP contribution in [0.4, 0.5) is 17.6 Å². The van der Waals surface area contributed by atoms with Gasteiger partial charge in [-0.2, -0.15) is 8.78 Å². The molecule has 26 heavy (non-hydrogen) atoms. The third-order valence-corrected chi connectivity index (χ3v) is 5.15. The molecule has 1 heterocycles. The van der Waals surface area contributed by atoms with Crippen LogP contribution in [0, 0.1) is 29.4 Å². The average molecular weight is 380 g/mol. The second kappa shape index (κ2) is 9.04. The predicted octanol–water partition coefficient (Wildman–Crippen LogP) is 5.94. The molecule has 0 amide bonds. The third kappa shape index (κ3) is 4.88. The lowest BCUT2D eigenvalue weighted by molar-refractivity contribution is -0.214. The Morgan fingerprint density at radius 3 is 2.04 bits per heavy atom. The number of ether oxygens (including phenoxy) is 3. The molecule has 0 N–H and O–H groups in total. The molecule has 0 bridgehead atoms. The predicted molar refractivity (Wildman–Crippen MR) is 91.1 cm³/mol. The second-order valence-electron chi connectivity index (χ2n) is 6.97. The van der Waals surface area contributed by atoms with Gasteiger partial charge in [0.05, 0.1) is 13.2 Å². The van der Waals surface area contributed by atoms with E-state index in [2.05, 4.69) is 11.7 Å². The van der Waals surface area contributed by atoms with Crippen molar-refractivity contribution in [3.8, 4) is 5.75 Å². The standard InChI is InChI=1S/C18H22F4O3.CH4.H2/c1-10-2-4-11(5-3-10)13-8-23-17(24-9-13)12-6-14(19)16(15(20)7-12)25-18(21)22;;/h6-7,10-11,13,17-18H,2-5,8-9H2,1H3;1H4;1H. The van der Waals surface area contributed by atoms with E-state index in [9.17, 15) is 17.6 Å². The largest absolute Gasteiger partial charge is 0.429 e. The summed E-state index contributed by atoms with van der Waals surface area (Å²) >= 11 is 0. The fourth-order valence-electron chi connectivity index (χ4n) is 3.66. The van der Waals surface area contributed by atoms with E-state index >= 15 is 0 Å². The molecule has 1 aromatic carbocycles. The molecule has 0 unspecified atom stereocenters. The number of benzene rings is 1. The van der Waals surface area contributed by atoms with Gasteiger partial charge in [0.2, 0.25) is 0 Å². The van der Waals surface area contributed by atoms with E-state index in [4.69, 9.17) is 9.47 Å². The Bertz CT molecular complexity index is 563. The summed E-state index contributed by atoms with van der Waals surface area (Å²) < 4.78 is 67.1. The summed E-state index contributed by atoms with van der Waals surface area (Å²) in [5.74, 6) is -1.91. The van der Waals surface area contributed by atoms with E-state index in [0.717, 1.165) is 30.9 Å². The van der Waals surface area contributed by atoms with Gasteiger partial charge in [-0.05, 0) is 36.8 Å². The number of rotatable bonds is 4. The van der Waals surface area contributed by atoms with Crippen LogP contribution in [-0.4, -0.2) is 19.8 Å². The van der Waals surface area contributed by atoms with Gasteiger partial charge in [-0.25, -0.2) is 8.78 Å². The normalized spacial score (nSPS) is 29.3. The summed E-state index contributed by atoms with van der Waals surface area (Å²) in [5.41, 5.74) is 0.118. The maximum absolute atomic E-state index is 13.8. The Labute approximate surface area is 153 Å². The molecular formula is C19H28F4O3. The van der Waals surface area contributed by atoms with Crippen molar-refractivity contribution in [2.75, 3.05) is 13.2 Å². The van der Waals surface area contributed by atoms with E-state index in [1.165, 1.54) is 12.8 Å². The van der Waals surface area contributed by atoms with Crippen LogP contribution in [0.1, 0.15) is 53.3 Å². The average Bonchev–Trinajstić information content (AvgIpc) is 2.59. The number of hydrogen-bond donors (Lipinski definition) is 0. The van der Waals surface area contributed by atoms with Crippen LogP contribution in [0.3, 0.4) is 0 Å². The maximum atomic E-state index is 13.8. The number of halogens is 4. The highest BCUT2D eigenvalue weighted by Gasteiger charge is 2.32. The van der Waals surface area contributed by atoms with Crippen LogP contribution >= 0.6 is 0 Å². The molecule has 0 spiro atoms. The molecule has 3 rings (SSSR count). The first-order valence-electron chi connectivity index (χ1n) is 8.61. The van der Waals surface area contributed by atoms with Crippen molar-refractivity contribution >= 4 is 0 Å². The van der Waals surface area contributed by atoms with Gasteiger partial charge >= 0.3 is 6.61 Å². The Kier molecular flexibility index (Phi) is 7.29. The first-order valence-corrected chi connectivity index (χ1v) is 8.61. The van der Waals surface area contributed by atoms with Crippen LogP contribution in [0.25, 0.3) is 0 Å². The Morgan fingerprint density at radius 1 is 1.00 bits per heavy atom. The lowest BCUT2D eigenvalue weighted by atomic mass is 9.76. The van der Waals surface area contributed by atoms with E-state index in [1.807, 2.05) is 0 Å². The monoisotopic (exact) mass is 380 g/mol. The molecule has 1 saturated carbocycles. The molecule has 1 aromatic rings. The molecule has 0 radical (unpaired) electrons. The van der Waals surface area contributed by atoms with E-state index in [0.29, 0.717) is 19.1 Å². The summed E-state index contributed by atoms with van der Waals surface area (Å²) in [6.45, 7) is -0.120. The van der Waals surface area contributed by atoms with Gasteiger partial charge in [-0.15, -0.1) is 0 Å². The topological polar surface area (TPSA) is 27.7 Å². The Morgan fingerprint density at radius 2 is 1.54 bits per heavy atom. The highest BCUT2D eigenvalue weighted by Crippen LogP contribution is 2.38. The summed E-state index contributed by atoms with van der Waals surface area (Å²) in [6, 6.07) is 1.82. The number of hydrogen-bond acceptors (Lipinski definition) is 3. The fourth-order valence-corrected chi connectivity index (χ4v) is 3.66. The van der Waals surface area contributed by atoms with Crippen LogP contribution < -0.4 is 4.74 Å². The minimum atomic E-state index is -3.30. The lowest BCUT2D eigenvalue weighted by Crippen LogP contribution is -2.34. The fraction of sp³-hybridized carbons (Fsp3) is 0.684. The van der Waals surface area contributed by atoms with Crippen LogP contribution in [0.15, 0.2) is 12.1 Å². The third-order valence-electron chi connectivity index (χ3n) is 5.15. The van der Waals surface area contributed by atoms with Gasteiger partial charge in [0.25, 0.3) is 0 Å². The minimum Gasteiger partial charge on any atom is -0.429 e. The van der Waals surface area contributed by atoms with Gasteiger partial charge in [0.1, 0.15) is 0 Å². The van der Waals surface area contributed by atoms with Crippen LogP contribution in [0.2, 0.25) is 0 Å². The molecular weight excluding hydrogens is 352 g/mol. The van der Waals surface area contributed by atoms with Crippen LogP contribution in [-0.2, 0) is 9.47 Å². The van der Waals surface area contributed by atoms with Gasteiger partial charge < -0.3 is 14.2 Å². The molecule has 0 aromatic heterocycles. The van der Waals surface area contributed by atoms with Crippen molar-refractivity contribution in [2.45, 2.75) is 52.9 Å². The van der Waals surface area contributed by atoms with Crippen molar-refractivity contribution in [3.63, 3.8) is 0 Å². The first kappa shape index (κ1) is 21.0. The second-order valence-corrected chi connectivity index (χ2v) is 6.97. The van der Waals surface area contributed by atoms with Crippen molar-refractivity contribution < 1.29 is 33.2 Å². The van der Waals surface area contributed by atoms with Gasteiger partial charge in [-0.1, -0.05) is 27.2 Å². The van der Waals surface area contributed by atoms with Crippen molar-refractivity contribution in [3.05, 3.63) is 29.3 Å². The number of alkyl halides is 2. The van der Waals surface area contributed by atoms with Gasteiger partial charge in [0, 0.05) is 12.9 Å². The maximum Gasteiger partial charge on any atom is 0.387 e. The highest BCUT2D eigenvalue weighted by atomic mass is 19.3. The van der Waals surface area contributed by atoms with Crippen molar-refractivity contribution in [1.29, 1.82) is 0 Å². The zero-order chi connectivity index (χ0) is 18.0. The van der Waals surface area contributed by atoms with Crippen molar-refractivity contribution in [2.24, 2.45) is 17.8 Å². The Balaban J connectivity index is 0.00000182. The van der Waals surface area contributed by atoms with Gasteiger partial charge in [-0.3, -0.25) is 0 Å². The first-order chi connectivity index (χ1) is 11.9. The molecule has 1 aliphatic carbocycles. The summed E-state index contributed by atoms with van der Waals surface area (Å²) in [6.07, 6.45) is 3.79. The molecule has 1 saturated heterocycles. The van der Waals surface area contributed by atoms with Crippen molar-refractivity contribution in [1.82, 2.24) is 0 Å². The zero-order valence-corrected chi connectivity index (χ0v) is 14.0. The Hall–Kier alpha value is -1.34. The highest BCUT2D eigenvalue weighted by molar-refractivity contribution is 5.32. The molecule has 2 aliphatic rings. The SMILES string of the molecule is C.CC1CCC(C2COC(c3cc(F)c(OC(F)F)c(F)c3)OC2)CC1.[HH]. The van der Waals surface area contributed by atoms with E-state index in [1.54, 1.807) is 0 Å². The summed E-state index contributed by atoms with van der Waals surface area (Å²) in [7, 11) is 0. The molecule has 0 atom stereocenters. The molecule has 2 fully saturated rings. The smallest absolute Gasteiger partial charge is 0.387 e. The molecule has 1 aliphatic heterocycles. The molecule has 3 nitrogen and oxygen atoms in total. The summed E-state index contributed by atoms with van der Waals surface area (Å²) in [4.78, 5) is 0. The summed E-state index contributed by atoms with van der Waals surface area (Å²) in [5, 5.41) is 0. The van der Waals surface area contributed by atoms with E-state index < -0.39 is 30.3 Å². The van der Waals surface area contributed by atoms with Crippen LogP contribution in [0.5, 0.6) is 5.75 Å². The lowest BCUT2D eigenvalue weighted by Gasteiger charge is -2.37. The van der Waals surface area contributed by atoms with E-state index in [-0.39, 0.29) is 20.3 Å². The zero-order valence-electron chi connectivity index (χ0n) is 14.0.